The molecule has 1 heterocycles. The van der Waals surface area contributed by atoms with Crippen LogP contribution in [0.15, 0.2) is 66.7 Å². The van der Waals surface area contributed by atoms with Gasteiger partial charge < -0.3 is 9.67 Å². The fourth-order valence-electron chi connectivity index (χ4n) is 3.73. The number of fused-ring (bicyclic) bond motifs is 3. The Morgan fingerprint density at radius 1 is 0.933 bits per heavy atom. The molecule has 0 saturated heterocycles. The fourth-order valence-corrected chi connectivity index (χ4v) is 5.02. The Kier molecular flexibility index (Phi) is 5.68. The third-order valence-electron chi connectivity index (χ3n) is 5.00. The number of aliphatic hydroxyl groups is 1. The van der Waals surface area contributed by atoms with Crippen LogP contribution < -0.4 is 4.31 Å². The molecule has 0 fully saturated rings. The van der Waals surface area contributed by atoms with Crippen LogP contribution in [0.1, 0.15) is 0 Å². The Labute approximate surface area is 185 Å². The number of para-hydroxylation sites is 1. The van der Waals surface area contributed by atoms with E-state index in [4.69, 9.17) is 23.2 Å². The van der Waals surface area contributed by atoms with Crippen LogP contribution in [0.2, 0.25) is 10.0 Å². The quantitative estimate of drug-likeness (QED) is 0.441. The van der Waals surface area contributed by atoms with Crippen LogP contribution in [0.3, 0.4) is 0 Å². The van der Waals surface area contributed by atoms with E-state index in [0.29, 0.717) is 15.7 Å². The van der Waals surface area contributed by atoms with Crippen LogP contribution in [-0.2, 0) is 16.6 Å². The van der Waals surface area contributed by atoms with Crippen molar-refractivity contribution in [2.75, 3.05) is 17.1 Å². The van der Waals surface area contributed by atoms with Gasteiger partial charge in [0.15, 0.2) is 0 Å². The molecule has 0 aliphatic rings. The van der Waals surface area contributed by atoms with Gasteiger partial charge in [-0.15, -0.1) is 0 Å². The van der Waals surface area contributed by atoms with Gasteiger partial charge in [0.1, 0.15) is 0 Å². The summed E-state index contributed by atoms with van der Waals surface area (Å²) in [5.41, 5.74) is 2.29. The summed E-state index contributed by atoms with van der Waals surface area (Å²) in [5, 5.41) is 13.9. The SMILES string of the molecule is CS(=O)(=O)N(C[C@@H](O)Cn1c2ccc(Cl)cc2c2cc(Cl)ccc21)c1ccccc1. The number of aliphatic hydroxyl groups excluding tert-OH is 1. The molecule has 4 rings (SSSR count). The third-order valence-corrected chi connectivity index (χ3v) is 6.63. The van der Waals surface area contributed by atoms with E-state index in [1.165, 1.54) is 4.31 Å². The van der Waals surface area contributed by atoms with Crippen molar-refractivity contribution in [2.45, 2.75) is 12.6 Å². The second kappa shape index (κ2) is 8.12. The van der Waals surface area contributed by atoms with Crippen molar-refractivity contribution in [1.82, 2.24) is 4.57 Å². The van der Waals surface area contributed by atoms with Gasteiger partial charge in [-0.25, -0.2) is 8.42 Å². The molecule has 1 N–H and O–H groups in total. The summed E-state index contributed by atoms with van der Waals surface area (Å²) in [6, 6.07) is 19.9. The maximum absolute atomic E-state index is 12.3. The molecule has 1 atom stereocenters. The molecule has 0 amide bonds. The summed E-state index contributed by atoms with van der Waals surface area (Å²) in [7, 11) is -3.56. The number of anilines is 1. The number of halogens is 2. The molecule has 8 heteroatoms. The zero-order valence-corrected chi connectivity index (χ0v) is 18.5. The Morgan fingerprint density at radius 3 is 1.97 bits per heavy atom. The highest BCUT2D eigenvalue weighted by molar-refractivity contribution is 7.92. The normalized spacial score (nSPS) is 13.1. The highest BCUT2D eigenvalue weighted by Gasteiger charge is 2.22. The molecule has 5 nitrogen and oxygen atoms in total. The van der Waals surface area contributed by atoms with Gasteiger partial charge >= 0.3 is 0 Å². The monoisotopic (exact) mass is 462 g/mol. The fraction of sp³-hybridized carbons (Fsp3) is 0.182. The lowest BCUT2D eigenvalue weighted by molar-refractivity contribution is 0.166. The van der Waals surface area contributed by atoms with E-state index in [-0.39, 0.29) is 13.1 Å². The summed E-state index contributed by atoms with van der Waals surface area (Å²) in [4.78, 5) is 0. The van der Waals surface area contributed by atoms with Crippen LogP contribution in [0.5, 0.6) is 0 Å². The van der Waals surface area contributed by atoms with Crippen molar-refractivity contribution in [3.05, 3.63) is 76.8 Å². The van der Waals surface area contributed by atoms with Gasteiger partial charge in [0.2, 0.25) is 10.0 Å². The minimum absolute atomic E-state index is 0.0643. The third kappa shape index (κ3) is 4.14. The van der Waals surface area contributed by atoms with Gasteiger partial charge in [0.05, 0.1) is 31.1 Å². The van der Waals surface area contributed by atoms with Crippen molar-refractivity contribution in [3.63, 3.8) is 0 Å². The molecular weight excluding hydrogens is 443 g/mol. The number of aromatic nitrogens is 1. The summed E-state index contributed by atoms with van der Waals surface area (Å²) in [6.07, 6.45) is 0.196. The van der Waals surface area contributed by atoms with Gasteiger partial charge in [-0.2, -0.15) is 0 Å². The van der Waals surface area contributed by atoms with E-state index in [9.17, 15) is 13.5 Å². The van der Waals surface area contributed by atoms with Gasteiger partial charge in [0, 0.05) is 31.9 Å². The molecule has 0 spiro atoms. The summed E-state index contributed by atoms with van der Waals surface area (Å²) in [5.74, 6) is 0. The van der Waals surface area contributed by atoms with Crippen molar-refractivity contribution < 1.29 is 13.5 Å². The van der Waals surface area contributed by atoms with E-state index in [1.807, 2.05) is 34.9 Å². The van der Waals surface area contributed by atoms with E-state index >= 15 is 0 Å². The van der Waals surface area contributed by atoms with Crippen molar-refractivity contribution >= 4 is 60.7 Å². The summed E-state index contributed by atoms with van der Waals surface area (Å²) >= 11 is 12.4. The molecule has 1 aromatic heterocycles. The largest absolute Gasteiger partial charge is 0.389 e. The number of hydrogen-bond acceptors (Lipinski definition) is 3. The van der Waals surface area contributed by atoms with Crippen molar-refractivity contribution in [3.8, 4) is 0 Å². The van der Waals surface area contributed by atoms with Gasteiger partial charge in [-0.3, -0.25) is 4.31 Å². The van der Waals surface area contributed by atoms with Gasteiger partial charge in [-0.1, -0.05) is 41.4 Å². The first kappa shape index (κ1) is 21.0. The van der Waals surface area contributed by atoms with E-state index in [0.717, 1.165) is 28.1 Å². The maximum atomic E-state index is 12.3. The smallest absolute Gasteiger partial charge is 0.232 e. The van der Waals surface area contributed by atoms with Crippen LogP contribution >= 0.6 is 23.2 Å². The van der Waals surface area contributed by atoms with Crippen LogP contribution in [0.4, 0.5) is 5.69 Å². The molecule has 0 aliphatic carbocycles. The summed E-state index contributed by atoms with van der Waals surface area (Å²) < 4.78 is 27.9. The highest BCUT2D eigenvalue weighted by atomic mass is 35.5. The maximum Gasteiger partial charge on any atom is 0.232 e. The van der Waals surface area contributed by atoms with Gasteiger partial charge in [0.25, 0.3) is 0 Å². The molecule has 30 heavy (non-hydrogen) atoms. The Bertz CT molecular complexity index is 1260. The molecule has 0 bridgehead atoms. The second-order valence-electron chi connectivity index (χ2n) is 7.22. The van der Waals surface area contributed by atoms with Crippen molar-refractivity contribution in [2.24, 2.45) is 0 Å². The van der Waals surface area contributed by atoms with Crippen molar-refractivity contribution in [1.29, 1.82) is 0 Å². The van der Waals surface area contributed by atoms with Gasteiger partial charge in [-0.05, 0) is 48.5 Å². The Hall–Kier alpha value is -2.25. The molecule has 4 aromatic rings. The average molecular weight is 463 g/mol. The second-order valence-corrected chi connectivity index (χ2v) is 10.00. The minimum atomic E-state index is -3.56. The van der Waals surface area contributed by atoms with E-state index in [2.05, 4.69) is 0 Å². The number of rotatable bonds is 6. The van der Waals surface area contributed by atoms with E-state index in [1.54, 1.807) is 36.4 Å². The molecule has 156 valence electrons. The molecule has 0 unspecified atom stereocenters. The first-order valence-electron chi connectivity index (χ1n) is 9.32. The molecule has 0 aliphatic heterocycles. The number of sulfonamides is 1. The lowest BCUT2D eigenvalue weighted by atomic mass is 10.1. The topological polar surface area (TPSA) is 62.5 Å². The highest BCUT2D eigenvalue weighted by Crippen LogP contribution is 2.33. The molecular formula is C22H20Cl2N2O3S. The first-order chi connectivity index (χ1) is 14.2. The first-order valence-corrected chi connectivity index (χ1v) is 11.9. The average Bonchev–Trinajstić information content (AvgIpc) is 2.98. The number of hydrogen-bond donors (Lipinski definition) is 1. The number of nitrogens with zero attached hydrogens (tertiary/aromatic N) is 2. The zero-order chi connectivity index (χ0) is 21.5. The van der Waals surface area contributed by atoms with Crippen LogP contribution in [0, 0.1) is 0 Å². The minimum Gasteiger partial charge on any atom is -0.389 e. The molecule has 0 saturated carbocycles. The predicted molar refractivity (Wildman–Crippen MR) is 124 cm³/mol. The Morgan fingerprint density at radius 2 is 1.47 bits per heavy atom. The lowest BCUT2D eigenvalue weighted by Gasteiger charge is -2.25. The van der Waals surface area contributed by atoms with Crippen LogP contribution in [0.25, 0.3) is 21.8 Å². The summed E-state index contributed by atoms with van der Waals surface area (Å²) in [6.45, 7) is 0.146. The number of benzene rings is 3. The molecule has 3 aromatic carbocycles. The standard InChI is InChI=1S/C22H20Cl2N2O3S/c1-30(28,29)26(17-5-3-2-4-6-17)14-18(27)13-25-21-9-7-15(23)11-19(21)20-12-16(24)8-10-22(20)25/h2-12,18,27H,13-14H2,1H3/t18-/m0/s1. The Balaban J connectivity index is 1.73. The molecule has 0 radical (unpaired) electrons. The van der Waals surface area contributed by atoms with E-state index < -0.39 is 16.1 Å². The zero-order valence-electron chi connectivity index (χ0n) is 16.2. The lowest BCUT2D eigenvalue weighted by Crippen LogP contribution is -2.38. The predicted octanol–water partition coefficient (Wildman–Crippen LogP) is 4.93. The van der Waals surface area contributed by atoms with Crippen LogP contribution in [-0.4, -0.2) is 37.0 Å².